The van der Waals surface area contributed by atoms with Crippen LogP contribution in [0.3, 0.4) is 0 Å². The zero-order valence-corrected chi connectivity index (χ0v) is 13.7. The van der Waals surface area contributed by atoms with Crippen LogP contribution in [-0.4, -0.2) is 26.9 Å². The SMILES string of the molecule is CNS(=O)(=O)c1ccc(/C=C\C(=O)NC2(C#N)CCCC2)cc1. The molecular weight excluding hydrogens is 314 g/mol. The number of nitrogens with one attached hydrogen (secondary N) is 2. The van der Waals surface area contributed by atoms with Crippen molar-refractivity contribution in [1.29, 1.82) is 5.26 Å². The van der Waals surface area contributed by atoms with Crippen molar-refractivity contribution in [3.8, 4) is 6.07 Å². The van der Waals surface area contributed by atoms with Crippen LogP contribution in [0.2, 0.25) is 0 Å². The summed E-state index contributed by atoms with van der Waals surface area (Å²) < 4.78 is 25.5. The Bertz CT molecular complexity index is 740. The van der Waals surface area contributed by atoms with Crippen molar-refractivity contribution < 1.29 is 13.2 Å². The van der Waals surface area contributed by atoms with E-state index in [4.69, 9.17) is 0 Å². The van der Waals surface area contributed by atoms with E-state index in [2.05, 4.69) is 16.1 Å². The lowest BCUT2D eigenvalue weighted by molar-refractivity contribution is -0.117. The summed E-state index contributed by atoms with van der Waals surface area (Å²) in [5, 5.41) is 12.0. The molecule has 7 heteroatoms. The van der Waals surface area contributed by atoms with Crippen LogP contribution in [0.25, 0.3) is 6.08 Å². The maximum absolute atomic E-state index is 12.0. The molecule has 0 radical (unpaired) electrons. The number of amides is 1. The third kappa shape index (κ3) is 4.18. The second kappa shape index (κ2) is 6.94. The van der Waals surface area contributed by atoms with Gasteiger partial charge in [-0.2, -0.15) is 5.26 Å². The second-order valence-electron chi connectivity index (χ2n) is 5.50. The van der Waals surface area contributed by atoms with Gasteiger partial charge in [-0.25, -0.2) is 13.1 Å². The monoisotopic (exact) mass is 333 g/mol. The van der Waals surface area contributed by atoms with E-state index in [1.807, 2.05) is 0 Å². The Balaban J connectivity index is 2.03. The van der Waals surface area contributed by atoms with Crippen molar-refractivity contribution in [2.24, 2.45) is 0 Å². The zero-order valence-electron chi connectivity index (χ0n) is 12.9. The minimum atomic E-state index is -3.46. The van der Waals surface area contributed by atoms with Gasteiger partial charge < -0.3 is 5.32 Å². The molecule has 1 aromatic carbocycles. The Morgan fingerprint density at radius 2 is 1.87 bits per heavy atom. The molecule has 1 aliphatic rings. The van der Waals surface area contributed by atoms with Gasteiger partial charge in [-0.15, -0.1) is 0 Å². The van der Waals surface area contributed by atoms with Gasteiger partial charge in [0.15, 0.2) is 0 Å². The van der Waals surface area contributed by atoms with Crippen LogP contribution >= 0.6 is 0 Å². The molecule has 1 amide bonds. The van der Waals surface area contributed by atoms with Crippen LogP contribution in [-0.2, 0) is 14.8 Å². The number of benzene rings is 1. The molecule has 0 atom stereocenters. The molecule has 1 fully saturated rings. The maximum Gasteiger partial charge on any atom is 0.245 e. The molecule has 6 nitrogen and oxygen atoms in total. The van der Waals surface area contributed by atoms with Crippen LogP contribution in [0, 0.1) is 11.3 Å². The topological polar surface area (TPSA) is 99.1 Å². The van der Waals surface area contributed by atoms with Crippen LogP contribution in [0.15, 0.2) is 35.2 Å². The van der Waals surface area contributed by atoms with Gasteiger partial charge in [0.05, 0.1) is 11.0 Å². The lowest BCUT2D eigenvalue weighted by atomic mass is 10.00. The molecule has 1 aromatic rings. The quantitative estimate of drug-likeness (QED) is 0.799. The second-order valence-corrected chi connectivity index (χ2v) is 7.39. The summed E-state index contributed by atoms with van der Waals surface area (Å²) in [4.78, 5) is 12.1. The number of rotatable bonds is 5. The van der Waals surface area contributed by atoms with Gasteiger partial charge in [0.2, 0.25) is 15.9 Å². The minimum Gasteiger partial charge on any atom is -0.334 e. The summed E-state index contributed by atoms with van der Waals surface area (Å²) >= 11 is 0. The lowest BCUT2D eigenvalue weighted by Crippen LogP contribution is -2.44. The minimum absolute atomic E-state index is 0.163. The number of sulfonamides is 1. The molecule has 0 aliphatic heterocycles. The van der Waals surface area contributed by atoms with E-state index in [9.17, 15) is 18.5 Å². The summed E-state index contributed by atoms with van der Waals surface area (Å²) in [5.74, 6) is -0.319. The highest BCUT2D eigenvalue weighted by Crippen LogP contribution is 2.28. The van der Waals surface area contributed by atoms with Crippen molar-refractivity contribution in [3.63, 3.8) is 0 Å². The number of hydrogen-bond acceptors (Lipinski definition) is 4. The zero-order chi connectivity index (χ0) is 16.9. The van der Waals surface area contributed by atoms with Gasteiger partial charge in [-0.05, 0) is 56.5 Å². The molecule has 0 bridgehead atoms. The van der Waals surface area contributed by atoms with Crippen LogP contribution in [0.1, 0.15) is 31.2 Å². The molecule has 2 N–H and O–H groups in total. The Morgan fingerprint density at radius 3 is 2.39 bits per heavy atom. The Labute approximate surface area is 136 Å². The van der Waals surface area contributed by atoms with Crippen molar-refractivity contribution in [2.45, 2.75) is 36.1 Å². The van der Waals surface area contributed by atoms with Crippen LogP contribution in [0.5, 0.6) is 0 Å². The summed E-state index contributed by atoms with van der Waals surface area (Å²) in [6, 6.07) is 8.37. The molecule has 0 aromatic heterocycles. The highest BCUT2D eigenvalue weighted by Gasteiger charge is 2.34. The van der Waals surface area contributed by atoms with Gasteiger partial charge in [0, 0.05) is 6.08 Å². The van der Waals surface area contributed by atoms with Crippen LogP contribution in [0.4, 0.5) is 0 Å². The first kappa shape index (κ1) is 17.2. The van der Waals surface area contributed by atoms with Crippen molar-refractivity contribution >= 4 is 22.0 Å². The van der Waals surface area contributed by atoms with Gasteiger partial charge in [-0.3, -0.25) is 4.79 Å². The first-order chi connectivity index (χ1) is 10.9. The normalized spacial score (nSPS) is 17.0. The third-order valence-corrected chi connectivity index (χ3v) is 5.35. The largest absolute Gasteiger partial charge is 0.334 e. The van der Waals surface area contributed by atoms with E-state index >= 15 is 0 Å². The standard InChI is InChI=1S/C16H19N3O3S/c1-18-23(21,22)14-7-4-13(5-8-14)6-9-15(20)19-16(12-17)10-2-3-11-16/h4-9,18H,2-3,10-11H2,1H3,(H,19,20)/b9-6-. The highest BCUT2D eigenvalue weighted by atomic mass is 32.2. The fourth-order valence-corrected chi connectivity index (χ4v) is 3.30. The van der Waals surface area contributed by atoms with E-state index in [0.717, 1.165) is 12.8 Å². The summed E-state index contributed by atoms with van der Waals surface area (Å²) in [6.07, 6.45) is 6.20. The third-order valence-electron chi connectivity index (χ3n) is 3.92. The van der Waals surface area contributed by atoms with Gasteiger partial charge in [-0.1, -0.05) is 12.1 Å². The average molecular weight is 333 g/mol. The number of carbonyl (C=O) groups is 1. The molecule has 0 heterocycles. The molecule has 1 aliphatic carbocycles. The Morgan fingerprint density at radius 1 is 1.26 bits per heavy atom. The van der Waals surface area contributed by atoms with Crippen molar-refractivity contribution in [2.75, 3.05) is 7.05 Å². The molecular formula is C16H19N3O3S. The van der Waals surface area contributed by atoms with Crippen LogP contribution < -0.4 is 10.0 Å². The molecule has 2 rings (SSSR count). The summed E-state index contributed by atoms with van der Waals surface area (Å²) in [7, 11) is -2.11. The first-order valence-corrected chi connectivity index (χ1v) is 8.84. The molecule has 23 heavy (non-hydrogen) atoms. The fourth-order valence-electron chi connectivity index (χ4n) is 2.57. The summed E-state index contributed by atoms with van der Waals surface area (Å²) in [6.45, 7) is 0. The molecule has 0 spiro atoms. The van der Waals surface area contributed by atoms with E-state index in [1.165, 1.54) is 25.3 Å². The van der Waals surface area contributed by atoms with Crippen molar-refractivity contribution in [3.05, 3.63) is 35.9 Å². The lowest BCUT2D eigenvalue weighted by Gasteiger charge is -2.20. The Hall–Kier alpha value is -2.17. The molecule has 0 unspecified atom stereocenters. The average Bonchev–Trinajstić information content (AvgIpc) is 3.02. The van der Waals surface area contributed by atoms with Gasteiger partial charge in [0.25, 0.3) is 0 Å². The molecule has 1 saturated carbocycles. The van der Waals surface area contributed by atoms with E-state index < -0.39 is 15.6 Å². The van der Waals surface area contributed by atoms with E-state index in [0.29, 0.717) is 18.4 Å². The highest BCUT2D eigenvalue weighted by molar-refractivity contribution is 7.89. The number of nitriles is 1. The predicted octanol–water partition coefficient (Wildman–Crippen LogP) is 1.56. The van der Waals surface area contributed by atoms with E-state index in [1.54, 1.807) is 18.2 Å². The van der Waals surface area contributed by atoms with E-state index in [-0.39, 0.29) is 10.8 Å². The smallest absolute Gasteiger partial charge is 0.245 e. The predicted molar refractivity (Wildman–Crippen MR) is 86.7 cm³/mol. The van der Waals surface area contributed by atoms with Crippen molar-refractivity contribution in [1.82, 2.24) is 10.0 Å². The molecule has 0 saturated heterocycles. The Kier molecular flexibility index (Phi) is 5.19. The fraction of sp³-hybridized carbons (Fsp3) is 0.375. The number of carbonyl (C=O) groups excluding carboxylic acids is 1. The summed E-state index contributed by atoms with van der Waals surface area (Å²) in [5.41, 5.74) is -0.0424. The first-order valence-electron chi connectivity index (χ1n) is 7.36. The number of nitrogens with zero attached hydrogens (tertiary/aromatic N) is 1. The molecule has 122 valence electrons. The van der Waals surface area contributed by atoms with Gasteiger partial charge in [0.1, 0.15) is 5.54 Å². The number of hydrogen-bond donors (Lipinski definition) is 2. The van der Waals surface area contributed by atoms with Gasteiger partial charge >= 0.3 is 0 Å². The maximum atomic E-state index is 12.0.